The zero-order valence-electron chi connectivity index (χ0n) is 9.49. The number of rotatable bonds is 3. The van der Waals surface area contributed by atoms with E-state index in [1.54, 1.807) is 0 Å². The van der Waals surface area contributed by atoms with Crippen LogP contribution in [-0.4, -0.2) is 50.1 Å². The lowest BCUT2D eigenvalue weighted by Gasteiger charge is -2.18. The summed E-state index contributed by atoms with van der Waals surface area (Å²) in [5, 5.41) is 31.7. The highest BCUT2D eigenvalue weighted by Crippen LogP contribution is 2.28. The Labute approximate surface area is 109 Å². The van der Waals surface area contributed by atoms with Gasteiger partial charge in [0.1, 0.15) is 17.1 Å². The van der Waals surface area contributed by atoms with Crippen molar-refractivity contribution < 1.29 is 15.3 Å². The molecule has 1 aliphatic rings. The number of nitrogens with one attached hydrogen (secondary N) is 1. The number of hydrogen-bond acceptors (Lipinski definition) is 7. The summed E-state index contributed by atoms with van der Waals surface area (Å²) in [5.41, 5.74) is 5.45. The molecule has 0 bridgehead atoms. The molecular weight excluding hydrogens is 260 g/mol. The van der Waals surface area contributed by atoms with Crippen LogP contribution in [0.15, 0.2) is 6.07 Å². The molecule has 7 nitrogen and oxygen atoms in total. The molecule has 1 heterocycles. The molecule has 1 aliphatic carbocycles. The molecule has 0 spiro atoms. The minimum absolute atomic E-state index is 0.0248. The van der Waals surface area contributed by atoms with Crippen LogP contribution in [0, 0.1) is 5.92 Å². The van der Waals surface area contributed by atoms with Gasteiger partial charge in [0.2, 0.25) is 5.95 Å². The molecule has 100 valence electrons. The Kier molecular flexibility index (Phi) is 3.86. The standard InChI is InChI=1S/C10H15ClN4O3/c11-6-2-7(15-10(12)14-6)13-5-1-4(3-16)8(17)9(5)18/h2,4-5,8-9,16-18H,1,3H2,(H3,12,13,14,15). The molecule has 6 N–H and O–H groups in total. The maximum absolute atomic E-state index is 9.83. The van der Waals surface area contributed by atoms with Crippen molar-refractivity contribution in [1.29, 1.82) is 0 Å². The van der Waals surface area contributed by atoms with E-state index in [1.165, 1.54) is 6.07 Å². The van der Waals surface area contributed by atoms with Crippen molar-refractivity contribution in [2.75, 3.05) is 17.7 Å². The van der Waals surface area contributed by atoms with Crippen LogP contribution in [-0.2, 0) is 0 Å². The first kappa shape index (κ1) is 13.3. The second-order valence-electron chi connectivity index (χ2n) is 4.34. The van der Waals surface area contributed by atoms with Crippen molar-refractivity contribution in [3.05, 3.63) is 11.2 Å². The summed E-state index contributed by atoms with van der Waals surface area (Å²) in [7, 11) is 0. The Morgan fingerprint density at radius 1 is 1.39 bits per heavy atom. The summed E-state index contributed by atoms with van der Waals surface area (Å²) in [4.78, 5) is 7.64. The molecule has 0 aromatic carbocycles. The molecule has 1 aromatic heterocycles. The van der Waals surface area contributed by atoms with E-state index in [-0.39, 0.29) is 23.6 Å². The molecule has 8 heteroatoms. The van der Waals surface area contributed by atoms with Gasteiger partial charge in [0.25, 0.3) is 0 Å². The fourth-order valence-corrected chi connectivity index (χ4v) is 2.34. The van der Waals surface area contributed by atoms with Gasteiger partial charge in [0, 0.05) is 18.6 Å². The molecule has 1 aromatic rings. The highest BCUT2D eigenvalue weighted by atomic mass is 35.5. The number of aliphatic hydroxyl groups is 3. The number of aliphatic hydroxyl groups excluding tert-OH is 3. The van der Waals surface area contributed by atoms with Gasteiger partial charge in [-0.15, -0.1) is 0 Å². The molecule has 0 saturated heterocycles. The molecule has 18 heavy (non-hydrogen) atoms. The Morgan fingerprint density at radius 3 is 2.67 bits per heavy atom. The van der Waals surface area contributed by atoms with Crippen LogP contribution in [0.4, 0.5) is 11.8 Å². The monoisotopic (exact) mass is 274 g/mol. The van der Waals surface area contributed by atoms with Gasteiger partial charge in [-0.1, -0.05) is 11.6 Å². The van der Waals surface area contributed by atoms with Crippen molar-refractivity contribution >= 4 is 23.4 Å². The molecule has 2 rings (SSSR count). The van der Waals surface area contributed by atoms with Gasteiger partial charge < -0.3 is 26.4 Å². The van der Waals surface area contributed by atoms with Crippen molar-refractivity contribution in [2.45, 2.75) is 24.7 Å². The van der Waals surface area contributed by atoms with E-state index in [9.17, 15) is 10.2 Å². The van der Waals surface area contributed by atoms with Gasteiger partial charge in [-0.05, 0) is 6.42 Å². The van der Waals surface area contributed by atoms with E-state index in [0.29, 0.717) is 12.2 Å². The fraction of sp³-hybridized carbons (Fsp3) is 0.600. The highest BCUT2D eigenvalue weighted by molar-refractivity contribution is 6.29. The lowest BCUT2D eigenvalue weighted by Crippen LogP contribution is -2.35. The number of aromatic nitrogens is 2. The molecule has 0 radical (unpaired) electrons. The third-order valence-electron chi connectivity index (χ3n) is 3.08. The lowest BCUT2D eigenvalue weighted by atomic mass is 10.1. The van der Waals surface area contributed by atoms with Crippen LogP contribution in [0.5, 0.6) is 0 Å². The van der Waals surface area contributed by atoms with Crippen molar-refractivity contribution in [3.63, 3.8) is 0 Å². The molecule has 1 saturated carbocycles. The van der Waals surface area contributed by atoms with Crippen LogP contribution >= 0.6 is 11.6 Å². The van der Waals surface area contributed by atoms with E-state index < -0.39 is 18.2 Å². The van der Waals surface area contributed by atoms with E-state index in [2.05, 4.69) is 15.3 Å². The average molecular weight is 275 g/mol. The summed E-state index contributed by atoms with van der Waals surface area (Å²) in [5.74, 6) is 0.0474. The maximum Gasteiger partial charge on any atom is 0.223 e. The first-order chi connectivity index (χ1) is 8.51. The Morgan fingerprint density at radius 2 is 2.11 bits per heavy atom. The lowest BCUT2D eigenvalue weighted by molar-refractivity contribution is 0.00446. The van der Waals surface area contributed by atoms with Gasteiger partial charge in [0.15, 0.2) is 0 Å². The normalized spacial score (nSPS) is 31.6. The Hall–Kier alpha value is -1.15. The molecule has 4 atom stereocenters. The van der Waals surface area contributed by atoms with E-state index in [1.807, 2.05) is 0 Å². The smallest absolute Gasteiger partial charge is 0.223 e. The zero-order chi connectivity index (χ0) is 13.3. The van der Waals surface area contributed by atoms with E-state index >= 15 is 0 Å². The minimum atomic E-state index is -0.975. The van der Waals surface area contributed by atoms with Crippen molar-refractivity contribution in [2.24, 2.45) is 5.92 Å². The zero-order valence-corrected chi connectivity index (χ0v) is 10.2. The summed E-state index contributed by atoms with van der Waals surface area (Å²) in [6, 6.07) is 1.06. The van der Waals surface area contributed by atoms with E-state index in [0.717, 1.165) is 0 Å². The second kappa shape index (κ2) is 5.23. The summed E-state index contributed by atoms with van der Waals surface area (Å²) >= 11 is 5.73. The largest absolute Gasteiger partial charge is 0.396 e. The first-order valence-corrected chi connectivity index (χ1v) is 5.92. The van der Waals surface area contributed by atoms with Crippen molar-refractivity contribution in [3.8, 4) is 0 Å². The minimum Gasteiger partial charge on any atom is -0.396 e. The quantitative estimate of drug-likeness (QED) is 0.458. The van der Waals surface area contributed by atoms with Crippen LogP contribution in [0.3, 0.4) is 0 Å². The van der Waals surface area contributed by atoms with Crippen LogP contribution < -0.4 is 11.1 Å². The van der Waals surface area contributed by atoms with Crippen molar-refractivity contribution in [1.82, 2.24) is 9.97 Å². The molecule has 0 amide bonds. The predicted octanol–water partition coefficient (Wildman–Crippen LogP) is -0.773. The third-order valence-corrected chi connectivity index (χ3v) is 3.28. The van der Waals surface area contributed by atoms with Gasteiger partial charge in [-0.3, -0.25) is 0 Å². The van der Waals surface area contributed by atoms with Crippen LogP contribution in [0.2, 0.25) is 5.15 Å². The first-order valence-electron chi connectivity index (χ1n) is 5.55. The average Bonchev–Trinajstić information content (AvgIpc) is 2.55. The van der Waals surface area contributed by atoms with Crippen LogP contribution in [0.1, 0.15) is 6.42 Å². The molecule has 0 aliphatic heterocycles. The summed E-state index contributed by atoms with van der Waals surface area (Å²) in [6.07, 6.45) is -1.50. The SMILES string of the molecule is Nc1nc(Cl)cc(NC2CC(CO)C(O)C2O)n1. The number of nitrogen functional groups attached to an aromatic ring is 1. The van der Waals surface area contributed by atoms with Crippen LogP contribution in [0.25, 0.3) is 0 Å². The third kappa shape index (κ3) is 2.64. The number of nitrogens with zero attached hydrogens (tertiary/aromatic N) is 2. The summed E-state index contributed by atoms with van der Waals surface area (Å²) < 4.78 is 0. The molecular formula is C10H15ClN4O3. The predicted molar refractivity (Wildman–Crippen MR) is 66.1 cm³/mol. The number of nitrogens with two attached hydrogens (primary N) is 1. The highest BCUT2D eigenvalue weighted by Gasteiger charge is 2.41. The van der Waals surface area contributed by atoms with Gasteiger partial charge >= 0.3 is 0 Å². The number of halogens is 1. The topological polar surface area (TPSA) is 125 Å². The molecule has 1 fully saturated rings. The Balaban J connectivity index is 2.10. The molecule has 4 unspecified atom stereocenters. The van der Waals surface area contributed by atoms with Gasteiger partial charge in [-0.25, -0.2) is 4.98 Å². The number of hydrogen-bond donors (Lipinski definition) is 5. The fourth-order valence-electron chi connectivity index (χ4n) is 2.15. The number of anilines is 2. The van der Waals surface area contributed by atoms with Gasteiger partial charge in [0.05, 0.1) is 12.1 Å². The Bertz CT molecular complexity index is 413. The second-order valence-corrected chi connectivity index (χ2v) is 4.73. The van der Waals surface area contributed by atoms with Gasteiger partial charge in [-0.2, -0.15) is 4.98 Å². The summed E-state index contributed by atoms with van der Waals surface area (Å²) in [6.45, 7) is -0.178. The maximum atomic E-state index is 9.83. The van der Waals surface area contributed by atoms with E-state index in [4.69, 9.17) is 22.4 Å².